The van der Waals surface area contributed by atoms with Crippen molar-refractivity contribution in [2.45, 2.75) is 46.6 Å². The number of piperidine rings is 1. The number of aryl methyl sites for hydroxylation is 1. The Hall–Kier alpha value is -2.60. The van der Waals surface area contributed by atoms with Gasteiger partial charge in [-0.3, -0.25) is 0 Å². The summed E-state index contributed by atoms with van der Waals surface area (Å²) in [7, 11) is 0. The molecule has 31 heavy (non-hydrogen) atoms. The van der Waals surface area contributed by atoms with Crippen molar-refractivity contribution in [3.05, 3.63) is 59.2 Å². The molecule has 0 radical (unpaired) electrons. The third-order valence-corrected chi connectivity index (χ3v) is 5.98. The lowest BCUT2D eigenvalue weighted by molar-refractivity contribution is 0.0526. The number of carbonyl (C=O) groups excluding carboxylic acids is 1. The van der Waals surface area contributed by atoms with Crippen LogP contribution >= 0.6 is 12.2 Å². The molecular weight excluding hydrogens is 406 g/mol. The van der Waals surface area contributed by atoms with Gasteiger partial charge in [-0.05, 0) is 87.1 Å². The highest BCUT2D eigenvalue weighted by Crippen LogP contribution is 2.25. The molecule has 6 heteroatoms. The van der Waals surface area contributed by atoms with E-state index in [0.717, 1.165) is 30.3 Å². The highest BCUT2D eigenvalue weighted by atomic mass is 32.1. The van der Waals surface area contributed by atoms with Gasteiger partial charge in [0.1, 0.15) is 0 Å². The number of ether oxygens (including phenoxy) is 1. The summed E-state index contributed by atoms with van der Waals surface area (Å²) in [4.78, 5) is 14.5. The molecule has 2 N–H and O–H groups in total. The molecule has 0 aromatic heterocycles. The van der Waals surface area contributed by atoms with Crippen molar-refractivity contribution in [3.8, 4) is 0 Å². The van der Waals surface area contributed by atoms with E-state index in [1.54, 1.807) is 19.1 Å². The van der Waals surface area contributed by atoms with Gasteiger partial charge < -0.3 is 20.3 Å². The first-order valence-electron chi connectivity index (χ1n) is 11.1. The van der Waals surface area contributed by atoms with Crippen molar-refractivity contribution in [3.63, 3.8) is 0 Å². The molecular formula is C25H33N3O2S. The molecule has 166 valence electrons. The second-order valence-corrected chi connectivity index (χ2v) is 8.76. The monoisotopic (exact) mass is 439 g/mol. The summed E-state index contributed by atoms with van der Waals surface area (Å²) in [5, 5.41) is 7.08. The normalized spacial score (nSPS) is 17.0. The third kappa shape index (κ3) is 6.20. The Morgan fingerprint density at radius 2 is 2.00 bits per heavy atom. The Morgan fingerprint density at radius 1 is 1.26 bits per heavy atom. The molecule has 0 unspecified atom stereocenters. The zero-order valence-corrected chi connectivity index (χ0v) is 19.7. The number of esters is 1. The van der Waals surface area contributed by atoms with E-state index in [1.165, 1.54) is 24.1 Å². The number of hydrogen-bond donors (Lipinski definition) is 2. The van der Waals surface area contributed by atoms with Crippen LogP contribution in [0.15, 0.2) is 42.5 Å². The van der Waals surface area contributed by atoms with Crippen molar-refractivity contribution in [1.29, 1.82) is 0 Å². The smallest absolute Gasteiger partial charge is 0.338 e. The van der Waals surface area contributed by atoms with Crippen LogP contribution in [-0.2, 0) is 4.74 Å². The van der Waals surface area contributed by atoms with E-state index in [9.17, 15) is 4.79 Å². The Balaban J connectivity index is 1.60. The van der Waals surface area contributed by atoms with Crippen LogP contribution in [0.2, 0.25) is 0 Å². The number of nitrogens with zero attached hydrogens (tertiary/aromatic N) is 1. The first-order valence-corrected chi connectivity index (χ1v) is 11.5. The summed E-state index contributed by atoms with van der Waals surface area (Å²) in [5.41, 5.74) is 4.77. The molecule has 2 aromatic carbocycles. The first-order chi connectivity index (χ1) is 14.9. The largest absolute Gasteiger partial charge is 0.462 e. The van der Waals surface area contributed by atoms with Gasteiger partial charge in [0, 0.05) is 24.5 Å². The van der Waals surface area contributed by atoms with Gasteiger partial charge in [-0.15, -0.1) is 0 Å². The van der Waals surface area contributed by atoms with Gasteiger partial charge in [-0.2, -0.15) is 0 Å². The fourth-order valence-electron chi connectivity index (χ4n) is 3.93. The average Bonchev–Trinajstić information content (AvgIpc) is 2.75. The van der Waals surface area contributed by atoms with Crippen LogP contribution in [0.1, 0.15) is 61.1 Å². The summed E-state index contributed by atoms with van der Waals surface area (Å²) in [6.07, 6.45) is 2.58. The van der Waals surface area contributed by atoms with E-state index >= 15 is 0 Å². The molecule has 0 aliphatic carbocycles. The SMILES string of the molecule is CCOC(=O)c1ccc(C)c(NC(=S)N[C@@H](C)c2ccc(N3CCC[C@H](C)C3)cc2)c1. The minimum Gasteiger partial charge on any atom is -0.462 e. The van der Waals surface area contributed by atoms with Gasteiger partial charge in [-0.25, -0.2) is 4.79 Å². The topological polar surface area (TPSA) is 53.6 Å². The highest BCUT2D eigenvalue weighted by Gasteiger charge is 2.17. The second kappa shape index (κ2) is 10.6. The number of nitrogens with one attached hydrogen (secondary N) is 2. The van der Waals surface area contributed by atoms with Gasteiger partial charge in [0.25, 0.3) is 0 Å². The molecule has 0 spiro atoms. The summed E-state index contributed by atoms with van der Waals surface area (Å²) < 4.78 is 5.09. The molecule has 1 aliphatic rings. The van der Waals surface area contributed by atoms with Gasteiger partial charge in [0.15, 0.2) is 5.11 Å². The van der Waals surface area contributed by atoms with E-state index in [-0.39, 0.29) is 12.0 Å². The van der Waals surface area contributed by atoms with Gasteiger partial charge >= 0.3 is 5.97 Å². The lowest BCUT2D eigenvalue weighted by atomic mass is 9.99. The molecule has 0 saturated carbocycles. The van der Waals surface area contributed by atoms with E-state index in [1.807, 2.05) is 13.0 Å². The number of benzene rings is 2. The zero-order valence-electron chi connectivity index (χ0n) is 18.9. The first kappa shape index (κ1) is 23.1. The third-order valence-electron chi connectivity index (χ3n) is 5.76. The average molecular weight is 440 g/mol. The quantitative estimate of drug-likeness (QED) is 0.461. The fourth-order valence-corrected chi connectivity index (χ4v) is 4.22. The number of thiocarbonyl (C=S) groups is 1. The molecule has 1 heterocycles. The number of hydrogen-bond acceptors (Lipinski definition) is 4. The van der Waals surface area contributed by atoms with Gasteiger partial charge in [0.05, 0.1) is 18.2 Å². The maximum Gasteiger partial charge on any atom is 0.338 e. The van der Waals surface area contributed by atoms with Crippen LogP contribution in [0.4, 0.5) is 11.4 Å². The minimum absolute atomic E-state index is 0.0582. The predicted octanol–water partition coefficient (Wildman–Crippen LogP) is 5.46. The van der Waals surface area contributed by atoms with E-state index in [0.29, 0.717) is 17.3 Å². The number of carbonyl (C=O) groups is 1. The predicted molar refractivity (Wildman–Crippen MR) is 132 cm³/mol. The minimum atomic E-state index is -0.332. The van der Waals surface area contributed by atoms with Crippen LogP contribution in [0.5, 0.6) is 0 Å². The Labute approximate surface area is 191 Å². The van der Waals surface area contributed by atoms with Crippen molar-refractivity contribution in [1.82, 2.24) is 5.32 Å². The van der Waals surface area contributed by atoms with Crippen molar-refractivity contribution in [2.24, 2.45) is 5.92 Å². The van der Waals surface area contributed by atoms with Crippen molar-refractivity contribution in [2.75, 3.05) is 29.9 Å². The summed E-state index contributed by atoms with van der Waals surface area (Å²) >= 11 is 5.53. The standard InChI is InChI=1S/C25H33N3O2S/c1-5-30-24(29)21-9-8-18(3)23(15-21)27-25(31)26-19(4)20-10-12-22(13-11-20)28-14-6-7-17(2)16-28/h8-13,15,17,19H,5-7,14,16H2,1-4H3,(H2,26,27,31)/t17-,19-/m0/s1. The van der Waals surface area contributed by atoms with Crippen molar-refractivity contribution < 1.29 is 9.53 Å². The van der Waals surface area contributed by atoms with Crippen LogP contribution < -0.4 is 15.5 Å². The molecule has 2 atom stereocenters. The number of rotatable bonds is 6. The van der Waals surface area contributed by atoms with E-state index in [4.69, 9.17) is 17.0 Å². The maximum atomic E-state index is 12.0. The molecule has 3 rings (SSSR count). The molecule has 0 bridgehead atoms. The molecule has 1 saturated heterocycles. The number of anilines is 2. The fraction of sp³-hybridized carbons (Fsp3) is 0.440. The Morgan fingerprint density at radius 3 is 2.68 bits per heavy atom. The highest BCUT2D eigenvalue weighted by molar-refractivity contribution is 7.80. The summed E-state index contributed by atoms with van der Waals surface area (Å²) in [6, 6.07) is 14.2. The second-order valence-electron chi connectivity index (χ2n) is 8.36. The zero-order chi connectivity index (χ0) is 22.4. The molecule has 1 fully saturated rings. The Bertz CT molecular complexity index is 913. The van der Waals surface area contributed by atoms with Crippen molar-refractivity contribution >= 4 is 34.7 Å². The molecule has 5 nitrogen and oxygen atoms in total. The van der Waals surface area contributed by atoms with Crippen LogP contribution in [0.25, 0.3) is 0 Å². The van der Waals surface area contributed by atoms with E-state index in [2.05, 4.69) is 53.6 Å². The lowest BCUT2D eigenvalue weighted by Crippen LogP contribution is -2.34. The molecule has 0 amide bonds. The summed E-state index contributed by atoms with van der Waals surface area (Å²) in [6.45, 7) is 10.8. The maximum absolute atomic E-state index is 12.0. The van der Waals surface area contributed by atoms with Gasteiger partial charge in [-0.1, -0.05) is 25.1 Å². The van der Waals surface area contributed by atoms with Crippen LogP contribution in [-0.4, -0.2) is 30.8 Å². The molecule has 1 aliphatic heterocycles. The summed E-state index contributed by atoms with van der Waals surface area (Å²) in [5.74, 6) is 0.421. The van der Waals surface area contributed by atoms with E-state index < -0.39 is 0 Å². The van der Waals surface area contributed by atoms with Crippen LogP contribution in [0, 0.1) is 12.8 Å². The van der Waals surface area contributed by atoms with Crippen LogP contribution in [0.3, 0.4) is 0 Å². The lowest BCUT2D eigenvalue weighted by Gasteiger charge is -2.33. The Kier molecular flexibility index (Phi) is 7.91. The molecule has 2 aromatic rings. The van der Waals surface area contributed by atoms with Gasteiger partial charge in [0.2, 0.25) is 0 Å².